The fraction of sp³-hybridized carbons (Fsp3) is 0.235. The fourth-order valence-corrected chi connectivity index (χ4v) is 2.36. The zero-order chi connectivity index (χ0) is 16.2. The Balaban J connectivity index is 1.91. The van der Waals surface area contributed by atoms with Crippen LogP contribution in [0.3, 0.4) is 0 Å². The molecule has 6 nitrogen and oxygen atoms in total. The molecule has 23 heavy (non-hydrogen) atoms. The number of carbonyl (C=O) groups excluding carboxylic acids is 1. The van der Waals surface area contributed by atoms with Crippen molar-refractivity contribution < 1.29 is 9.53 Å². The number of ether oxygens (including phenoxy) is 1. The van der Waals surface area contributed by atoms with Gasteiger partial charge in [0.15, 0.2) is 0 Å². The van der Waals surface area contributed by atoms with Crippen molar-refractivity contribution >= 4 is 16.9 Å². The topological polar surface area (TPSA) is 69.0 Å². The van der Waals surface area contributed by atoms with Crippen molar-refractivity contribution in [3.8, 4) is 16.9 Å². The quantitative estimate of drug-likeness (QED) is 0.578. The lowest BCUT2D eigenvalue weighted by molar-refractivity contribution is -0.131. The number of benzene rings is 1. The normalized spacial score (nSPS) is 10.9. The van der Waals surface area contributed by atoms with Crippen molar-refractivity contribution in [3.63, 3.8) is 0 Å². The van der Waals surface area contributed by atoms with Gasteiger partial charge in [-0.2, -0.15) is 5.10 Å². The van der Waals surface area contributed by atoms with E-state index in [9.17, 15) is 4.79 Å². The molecule has 0 aliphatic heterocycles. The van der Waals surface area contributed by atoms with Crippen molar-refractivity contribution in [1.82, 2.24) is 20.1 Å². The van der Waals surface area contributed by atoms with Crippen molar-refractivity contribution in [3.05, 3.63) is 42.9 Å². The summed E-state index contributed by atoms with van der Waals surface area (Å²) in [7, 11) is 1.92. The van der Waals surface area contributed by atoms with Crippen LogP contribution < -0.4 is 10.1 Å². The summed E-state index contributed by atoms with van der Waals surface area (Å²) in [6, 6.07) is 7.42. The van der Waals surface area contributed by atoms with E-state index in [-0.39, 0.29) is 5.97 Å². The maximum absolute atomic E-state index is 11.1. The van der Waals surface area contributed by atoms with Crippen LogP contribution in [0.5, 0.6) is 5.75 Å². The molecule has 0 atom stereocenters. The highest BCUT2D eigenvalue weighted by atomic mass is 16.5. The van der Waals surface area contributed by atoms with Crippen LogP contribution in [0.25, 0.3) is 22.0 Å². The van der Waals surface area contributed by atoms with Crippen molar-refractivity contribution in [2.24, 2.45) is 0 Å². The van der Waals surface area contributed by atoms with Gasteiger partial charge in [0.2, 0.25) is 0 Å². The zero-order valence-corrected chi connectivity index (χ0v) is 13.1. The number of carbonyl (C=O) groups is 1. The molecule has 0 aliphatic carbocycles. The van der Waals surface area contributed by atoms with Gasteiger partial charge in [0, 0.05) is 42.4 Å². The summed E-state index contributed by atoms with van der Waals surface area (Å²) in [5.41, 5.74) is 2.84. The number of nitrogens with zero attached hydrogens (tertiary/aromatic N) is 3. The molecule has 0 aliphatic rings. The first-order valence-corrected chi connectivity index (χ1v) is 7.41. The highest BCUT2D eigenvalue weighted by Gasteiger charge is 2.06. The largest absolute Gasteiger partial charge is 0.427 e. The van der Waals surface area contributed by atoms with Crippen LogP contribution in [-0.2, 0) is 11.3 Å². The Labute approximate surface area is 134 Å². The van der Waals surface area contributed by atoms with Crippen LogP contribution in [0, 0.1) is 0 Å². The average molecular weight is 310 g/mol. The standard InChI is InChI=1S/C17H18N4O2/c1-12(22)23-16-3-4-17-13(8-16)7-14(9-19-17)15-10-20-21(11-15)6-5-18-2/h3-4,7-11,18H,5-6H2,1-2H3. The smallest absolute Gasteiger partial charge is 0.308 e. The highest BCUT2D eigenvalue weighted by molar-refractivity contribution is 5.85. The SMILES string of the molecule is CNCCn1cc(-c2cnc3ccc(OC(C)=O)cc3c2)cn1. The zero-order valence-electron chi connectivity index (χ0n) is 13.1. The monoisotopic (exact) mass is 310 g/mol. The number of aromatic nitrogens is 3. The number of rotatable bonds is 5. The maximum atomic E-state index is 11.1. The van der Waals surface area contributed by atoms with Gasteiger partial charge in [-0.25, -0.2) is 0 Å². The predicted molar refractivity (Wildman–Crippen MR) is 88.2 cm³/mol. The summed E-state index contributed by atoms with van der Waals surface area (Å²) in [6.45, 7) is 3.06. The summed E-state index contributed by atoms with van der Waals surface area (Å²) in [5, 5.41) is 8.36. The molecular weight excluding hydrogens is 292 g/mol. The van der Waals surface area contributed by atoms with E-state index in [4.69, 9.17) is 4.74 Å². The Hall–Kier alpha value is -2.73. The molecule has 0 saturated carbocycles. The minimum Gasteiger partial charge on any atom is -0.427 e. The molecule has 0 amide bonds. The number of pyridine rings is 1. The lowest BCUT2D eigenvalue weighted by atomic mass is 10.1. The number of esters is 1. The van der Waals surface area contributed by atoms with Crippen molar-refractivity contribution in [1.29, 1.82) is 0 Å². The van der Waals surface area contributed by atoms with Crippen molar-refractivity contribution in [2.45, 2.75) is 13.5 Å². The van der Waals surface area contributed by atoms with Gasteiger partial charge in [0.1, 0.15) is 5.75 Å². The number of nitrogens with one attached hydrogen (secondary N) is 1. The summed E-state index contributed by atoms with van der Waals surface area (Å²) in [5.74, 6) is 0.188. The van der Waals surface area contributed by atoms with E-state index in [0.29, 0.717) is 5.75 Å². The van der Waals surface area contributed by atoms with Crippen LogP contribution in [0.2, 0.25) is 0 Å². The molecule has 2 heterocycles. The lowest BCUT2D eigenvalue weighted by Crippen LogP contribution is -2.14. The molecule has 0 radical (unpaired) electrons. The highest BCUT2D eigenvalue weighted by Crippen LogP contribution is 2.25. The van der Waals surface area contributed by atoms with Gasteiger partial charge >= 0.3 is 5.97 Å². The van der Waals surface area contributed by atoms with E-state index in [0.717, 1.165) is 35.1 Å². The molecule has 0 fully saturated rings. The van der Waals surface area contributed by atoms with Crippen LogP contribution in [0.15, 0.2) is 42.9 Å². The molecule has 1 N–H and O–H groups in total. The molecule has 0 unspecified atom stereocenters. The number of likely N-dealkylation sites (N-methyl/N-ethyl adjacent to an activating group) is 1. The Morgan fingerprint density at radius 2 is 2.13 bits per heavy atom. The molecule has 3 aromatic rings. The minimum absolute atomic E-state index is 0.334. The summed E-state index contributed by atoms with van der Waals surface area (Å²) >= 11 is 0. The molecule has 0 saturated heterocycles. The molecule has 6 heteroatoms. The van der Waals surface area contributed by atoms with Gasteiger partial charge < -0.3 is 10.1 Å². The van der Waals surface area contributed by atoms with E-state index in [1.807, 2.05) is 48.5 Å². The van der Waals surface area contributed by atoms with Gasteiger partial charge in [-0.15, -0.1) is 0 Å². The third-order valence-corrected chi connectivity index (χ3v) is 3.47. The second-order valence-electron chi connectivity index (χ2n) is 5.27. The second kappa shape index (κ2) is 6.58. The summed E-state index contributed by atoms with van der Waals surface area (Å²) in [6.07, 6.45) is 5.65. The van der Waals surface area contributed by atoms with Gasteiger partial charge in [-0.1, -0.05) is 0 Å². The maximum Gasteiger partial charge on any atom is 0.308 e. The first-order valence-electron chi connectivity index (χ1n) is 7.41. The molecule has 1 aromatic carbocycles. The lowest BCUT2D eigenvalue weighted by Gasteiger charge is -2.04. The van der Waals surface area contributed by atoms with Crippen LogP contribution in [-0.4, -0.2) is 34.3 Å². The van der Waals surface area contributed by atoms with E-state index in [2.05, 4.69) is 15.4 Å². The number of hydrogen-bond acceptors (Lipinski definition) is 5. The molecular formula is C17H18N4O2. The molecule has 0 spiro atoms. The van der Waals surface area contributed by atoms with E-state index in [1.54, 1.807) is 6.07 Å². The van der Waals surface area contributed by atoms with Gasteiger partial charge in [0.05, 0.1) is 18.3 Å². The Bertz CT molecular complexity index is 841. The number of hydrogen-bond donors (Lipinski definition) is 1. The molecule has 0 bridgehead atoms. The van der Waals surface area contributed by atoms with E-state index >= 15 is 0 Å². The van der Waals surface area contributed by atoms with Crippen LogP contribution in [0.4, 0.5) is 0 Å². The first kappa shape index (κ1) is 15.2. The van der Waals surface area contributed by atoms with Gasteiger partial charge in [-0.3, -0.25) is 14.5 Å². The first-order chi connectivity index (χ1) is 11.2. The Morgan fingerprint density at radius 3 is 2.91 bits per heavy atom. The fourth-order valence-electron chi connectivity index (χ4n) is 2.36. The molecule has 3 rings (SSSR count). The van der Waals surface area contributed by atoms with Crippen molar-refractivity contribution in [2.75, 3.05) is 13.6 Å². The molecule has 2 aromatic heterocycles. The summed E-state index contributed by atoms with van der Waals surface area (Å²) < 4.78 is 7.02. The third kappa shape index (κ3) is 3.54. The van der Waals surface area contributed by atoms with E-state index in [1.165, 1.54) is 6.92 Å². The van der Waals surface area contributed by atoms with Crippen LogP contribution in [0.1, 0.15) is 6.92 Å². The average Bonchev–Trinajstić information content (AvgIpc) is 3.00. The minimum atomic E-state index is -0.334. The Morgan fingerprint density at radius 1 is 1.26 bits per heavy atom. The van der Waals surface area contributed by atoms with Gasteiger partial charge in [0.25, 0.3) is 0 Å². The van der Waals surface area contributed by atoms with Gasteiger partial charge in [-0.05, 0) is 31.3 Å². The Kier molecular flexibility index (Phi) is 4.34. The number of fused-ring (bicyclic) bond motifs is 1. The van der Waals surface area contributed by atoms with E-state index < -0.39 is 0 Å². The van der Waals surface area contributed by atoms with Crippen LogP contribution >= 0.6 is 0 Å². The predicted octanol–water partition coefficient (Wildman–Crippen LogP) is 2.24. The molecule has 118 valence electrons. The second-order valence-corrected chi connectivity index (χ2v) is 5.27. The third-order valence-electron chi connectivity index (χ3n) is 3.47. The summed E-state index contributed by atoms with van der Waals surface area (Å²) in [4.78, 5) is 15.5.